The molecular weight excluding hydrogens is 564 g/mol. The van der Waals surface area contributed by atoms with Crippen molar-refractivity contribution in [3.8, 4) is 0 Å². The van der Waals surface area contributed by atoms with E-state index in [0.717, 1.165) is 5.56 Å². The number of piperidine rings is 1. The molecule has 4 rings (SSSR count). The van der Waals surface area contributed by atoms with Crippen LogP contribution in [0.1, 0.15) is 52.3 Å². The summed E-state index contributed by atoms with van der Waals surface area (Å²) in [6.07, 6.45) is 1.59. The van der Waals surface area contributed by atoms with E-state index in [-0.39, 0.29) is 32.1 Å². The minimum atomic E-state index is -1.41. The lowest BCUT2D eigenvalue weighted by atomic mass is 9.74. The van der Waals surface area contributed by atoms with Gasteiger partial charge < -0.3 is 25.0 Å². The van der Waals surface area contributed by atoms with E-state index in [1.54, 1.807) is 45.0 Å². The first-order valence-corrected chi connectivity index (χ1v) is 14.7. The van der Waals surface area contributed by atoms with Gasteiger partial charge in [-0.25, -0.2) is 9.80 Å². The molecule has 236 valence electrons. The zero-order chi connectivity index (χ0) is 32.1. The van der Waals surface area contributed by atoms with Gasteiger partial charge in [-0.2, -0.15) is 5.10 Å². The Kier molecular flexibility index (Phi) is 9.72. The molecule has 2 aliphatic rings. The van der Waals surface area contributed by atoms with E-state index in [2.05, 4.69) is 20.7 Å². The van der Waals surface area contributed by atoms with E-state index in [1.807, 2.05) is 42.5 Å². The fourth-order valence-electron chi connectivity index (χ4n) is 5.30. The van der Waals surface area contributed by atoms with Crippen molar-refractivity contribution in [3.05, 3.63) is 66.0 Å². The lowest BCUT2D eigenvalue weighted by Crippen LogP contribution is -2.63. The van der Waals surface area contributed by atoms with Crippen LogP contribution in [0.2, 0.25) is 0 Å². The number of amides is 4. The Morgan fingerprint density at radius 2 is 1.75 bits per heavy atom. The predicted molar refractivity (Wildman–Crippen MR) is 163 cm³/mol. The molecule has 4 amide bonds. The second-order valence-corrected chi connectivity index (χ2v) is 12.7. The van der Waals surface area contributed by atoms with Gasteiger partial charge in [0.25, 0.3) is 5.91 Å². The van der Waals surface area contributed by atoms with Crippen molar-refractivity contribution >= 4 is 29.5 Å². The molecule has 2 atom stereocenters. The number of likely N-dealkylation sites (tertiary alicyclic amines) is 1. The maximum Gasteiger partial charge on any atom is 0.408 e. The van der Waals surface area contributed by atoms with Crippen molar-refractivity contribution in [3.63, 3.8) is 0 Å². The number of hydrazone groups is 1. The Bertz CT molecular complexity index is 1390. The number of rotatable bonds is 10. The molecule has 2 aliphatic heterocycles. The molecule has 1 aromatic carbocycles. The van der Waals surface area contributed by atoms with Crippen LogP contribution in [0, 0.1) is 5.41 Å². The fourth-order valence-corrected chi connectivity index (χ4v) is 5.30. The molecule has 1 fully saturated rings. The molecular formula is C32H42N6O6. The monoisotopic (exact) mass is 606 g/mol. The highest BCUT2D eigenvalue weighted by atomic mass is 16.6. The number of fused-ring (bicyclic) bond motifs is 1. The summed E-state index contributed by atoms with van der Waals surface area (Å²) in [4.78, 5) is 59.6. The van der Waals surface area contributed by atoms with Gasteiger partial charge in [-0.05, 0) is 52.3 Å². The summed E-state index contributed by atoms with van der Waals surface area (Å²) >= 11 is 0. The highest BCUT2D eigenvalue weighted by Crippen LogP contribution is 2.38. The van der Waals surface area contributed by atoms with Gasteiger partial charge in [0.15, 0.2) is 0 Å². The second kappa shape index (κ2) is 13.1. The summed E-state index contributed by atoms with van der Waals surface area (Å²) in [6, 6.07) is 13.9. The third kappa shape index (κ3) is 7.79. The predicted octanol–water partition coefficient (Wildman–Crippen LogP) is 2.68. The third-order valence-corrected chi connectivity index (χ3v) is 7.51. The van der Waals surface area contributed by atoms with Crippen molar-refractivity contribution in [1.82, 2.24) is 25.5 Å². The molecule has 3 heterocycles. The zero-order valence-electron chi connectivity index (χ0n) is 26.3. The van der Waals surface area contributed by atoms with Crippen LogP contribution in [0.25, 0.3) is 0 Å². The van der Waals surface area contributed by atoms with Crippen LogP contribution < -0.4 is 10.6 Å². The molecule has 1 saturated heterocycles. The van der Waals surface area contributed by atoms with Crippen LogP contribution in [0.15, 0.2) is 59.8 Å². The number of hydrogen-bond donors (Lipinski definition) is 2. The molecule has 0 bridgehead atoms. The normalized spacial score (nSPS) is 19.1. The molecule has 2 N–H and O–H groups in total. The molecule has 12 heteroatoms. The van der Waals surface area contributed by atoms with Crippen LogP contribution in [0.5, 0.6) is 0 Å². The SMILES string of the molecule is CN1N=C2CCN(C(=O)[C@@H](COCc3ccccc3)NC(=O)C(C)(C)NC(=O)OC(C)(C)C)C[C@]2(Cc2ccccn2)C1=O. The molecule has 44 heavy (non-hydrogen) atoms. The number of nitrogens with zero attached hydrogens (tertiary/aromatic N) is 4. The summed E-state index contributed by atoms with van der Waals surface area (Å²) in [6.45, 7) is 8.71. The smallest absolute Gasteiger partial charge is 0.408 e. The van der Waals surface area contributed by atoms with Crippen LogP contribution in [-0.4, -0.2) is 88.3 Å². The summed E-state index contributed by atoms with van der Waals surface area (Å²) in [7, 11) is 1.61. The lowest BCUT2D eigenvalue weighted by Gasteiger charge is -2.40. The second-order valence-electron chi connectivity index (χ2n) is 12.7. The van der Waals surface area contributed by atoms with Crippen molar-refractivity contribution < 1.29 is 28.7 Å². The van der Waals surface area contributed by atoms with Gasteiger partial charge in [-0.15, -0.1) is 0 Å². The first-order valence-electron chi connectivity index (χ1n) is 14.7. The number of aromatic nitrogens is 1. The van der Waals surface area contributed by atoms with Crippen LogP contribution in [0.4, 0.5) is 4.79 Å². The Morgan fingerprint density at radius 3 is 2.41 bits per heavy atom. The van der Waals surface area contributed by atoms with Gasteiger partial charge in [-0.1, -0.05) is 36.4 Å². The summed E-state index contributed by atoms with van der Waals surface area (Å²) in [5.41, 5.74) is -0.897. The largest absolute Gasteiger partial charge is 0.444 e. The average Bonchev–Trinajstić information content (AvgIpc) is 3.20. The Morgan fingerprint density at radius 1 is 1.05 bits per heavy atom. The highest BCUT2D eigenvalue weighted by molar-refractivity contribution is 6.13. The van der Waals surface area contributed by atoms with E-state index in [1.165, 1.54) is 18.9 Å². The highest BCUT2D eigenvalue weighted by Gasteiger charge is 2.54. The maximum atomic E-state index is 14.1. The fraction of sp³-hybridized carbons (Fsp3) is 0.500. The Hall–Kier alpha value is -4.32. The van der Waals surface area contributed by atoms with E-state index in [0.29, 0.717) is 24.4 Å². The third-order valence-electron chi connectivity index (χ3n) is 7.51. The molecule has 0 saturated carbocycles. The van der Waals surface area contributed by atoms with Gasteiger partial charge in [0.1, 0.15) is 22.6 Å². The summed E-state index contributed by atoms with van der Waals surface area (Å²) in [5.74, 6) is -1.20. The van der Waals surface area contributed by atoms with E-state index < -0.39 is 40.5 Å². The number of benzene rings is 1. The quantitative estimate of drug-likeness (QED) is 0.423. The summed E-state index contributed by atoms with van der Waals surface area (Å²) in [5, 5.41) is 11.2. The number of hydrogen-bond acceptors (Lipinski definition) is 8. The van der Waals surface area contributed by atoms with E-state index in [4.69, 9.17) is 9.47 Å². The van der Waals surface area contributed by atoms with Crippen LogP contribution >= 0.6 is 0 Å². The first-order chi connectivity index (χ1) is 20.7. The molecule has 0 unspecified atom stereocenters. The molecule has 2 aromatic rings. The molecule has 0 spiro atoms. The van der Waals surface area contributed by atoms with Gasteiger partial charge in [0.2, 0.25) is 11.8 Å². The standard InChI is InChI=1S/C32H42N6O6/c1-30(2,3)44-29(42)35-31(4,5)27(40)34-24(20-43-19-22-12-8-7-9-13-22)26(39)38-17-15-25-32(21-38,28(41)37(6)36-25)18-23-14-10-11-16-33-23/h7-14,16,24H,15,17-21H2,1-6H3,(H,34,40)(H,35,42)/t24-,32+/m1/s1. The molecule has 0 radical (unpaired) electrons. The molecule has 12 nitrogen and oxygen atoms in total. The topological polar surface area (TPSA) is 143 Å². The summed E-state index contributed by atoms with van der Waals surface area (Å²) < 4.78 is 11.2. The number of alkyl carbamates (subject to hydrolysis) is 1. The first kappa shape index (κ1) is 32.6. The maximum absolute atomic E-state index is 14.1. The number of ether oxygens (including phenoxy) is 2. The van der Waals surface area contributed by atoms with Crippen LogP contribution in [0.3, 0.4) is 0 Å². The van der Waals surface area contributed by atoms with Gasteiger partial charge in [0.05, 0.1) is 18.9 Å². The van der Waals surface area contributed by atoms with Crippen molar-refractivity contribution in [2.75, 3.05) is 26.7 Å². The van der Waals surface area contributed by atoms with E-state index in [9.17, 15) is 19.2 Å². The zero-order valence-corrected chi connectivity index (χ0v) is 26.3. The average molecular weight is 607 g/mol. The van der Waals surface area contributed by atoms with Crippen molar-refractivity contribution in [2.45, 2.75) is 71.2 Å². The Labute approximate surface area is 258 Å². The minimum Gasteiger partial charge on any atom is -0.444 e. The van der Waals surface area contributed by atoms with Crippen molar-refractivity contribution in [1.29, 1.82) is 0 Å². The van der Waals surface area contributed by atoms with Crippen molar-refractivity contribution in [2.24, 2.45) is 10.5 Å². The van der Waals surface area contributed by atoms with Gasteiger partial charge in [0, 0.05) is 44.9 Å². The number of nitrogens with one attached hydrogen (secondary N) is 2. The molecule has 1 aromatic heterocycles. The van der Waals surface area contributed by atoms with Gasteiger partial charge >= 0.3 is 6.09 Å². The molecule has 0 aliphatic carbocycles. The lowest BCUT2D eigenvalue weighted by molar-refractivity contribution is -0.144. The minimum absolute atomic E-state index is 0.0784. The number of carbonyl (C=O) groups excluding carboxylic acids is 4. The van der Waals surface area contributed by atoms with E-state index >= 15 is 0 Å². The number of carbonyl (C=O) groups is 4. The van der Waals surface area contributed by atoms with Gasteiger partial charge in [-0.3, -0.25) is 19.4 Å². The number of pyridine rings is 1. The Balaban J connectivity index is 1.54. The van der Waals surface area contributed by atoms with Crippen LogP contribution in [-0.2, 0) is 36.9 Å².